The second-order valence-electron chi connectivity index (χ2n) is 8.33. The van der Waals surface area contributed by atoms with Crippen LogP contribution in [0.15, 0.2) is 83.5 Å². The topological polar surface area (TPSA) is 65.9 Å². The number of rotatable bonds is 6. The van der Waals surface area contributed by atoms with Gasteiger partial charge in [0.1, 0.15) is 5.75 Å². The number of methoxy groups -OCH3 is 1. The number of ether oxygens (including phenoxy) is 1. The molecule has 0 radical (unpaired) electrons. The monoisotopic (exact) mass is 459 g/mol. The van der Waals surface area contributed by atoms with Gasteiger partial charge in [0.25, 0.3) is 0 Å². The SMILES string of the molecule is COc1ccc(C2CC(C3=C(CCc4ccccc4)c4cc(Cl)ccc4NC3O)=NN2)cc1. The number of aliphatic hydroxyl groups is 1. The highest BCUT2D eigenvalue weighted by Crippen LogP contribution is 2.40. The number of nitrogens with zero attached hydrogens (tertiary/aromatic N) is 1. The number of anilines is 1. The van der Waals surface area contributed by atoms with E-state index in [4.69, 9.17) is 16.3 Å². The maximum absolute atomic E-state index is 11.1. The highest BCUT2D eigenvalue weighted by molar-refractivity contribution is 6.31. The number of hydrogen-bond donors (Lipinski definition) is 3. The Kier molecular flexibility index (Phi) is 6.07. The first kappa shape index (κ1) is 21.6. The fraction of sp³-hybridized carbons (Fsp3) is 0.222. The molecule has 0 fully saturated rings. The lowest BCUT2D eigenvalue weighted by Crippen LogP contribution is -2.31. The molecule has 168 valence electrons. The number of halogens is 1. The van der Waals surface area contributed by atoms with Crippen molar-refractivity contribution in [3.8, 4) is 5.75 Å². The molecule has 3 aromatic carbocycles. The molecular weight excluding hydrogens is 434 g/mol. The first-order chi connectivity index (χ1) is 16.1. The van der Waals surface area contributed by atoms with Crippen LogP contribution in [-0.4, -0.2) is 24.2 Å². The summed E-state index contributed by atoms with van der Waals surface area (Å²) in [4.78, 5) is 0. The minimum absolute atomic E-state index is 0.0433. The maximum Gasteiger partial charge on any atom is 0.152 e. The van der Waals surface area contributed by atoms with Crippen LogP contribution >= 0.6 is 11.6 Å². The molecule has 0 amide bonds. The predicted octanol–water partition coefficient (Wildman–Crippen LogP) is 5.57. The average Bonchev–Trinajstić information content (AvgIpc) is 3.33. The molecule has 33 heavy (non-hydrogen) atoms. The Morgan fingerprint density at radius 3 is 2.58 bits per heavy atom. The summed E-state index contributed by atoms with van der Waals surface area (Å²) in [6, 6.07) is 24.2. The number of nitrogens with one attached hydrogen (secondary N) is 2. The van der Waals surface area contributed by atoms with Crippen molar-refractivity contribution in [2.24, 2.45) is 5.10 Å². The molecule has 0 aromatic heterocycles. The molecule has 5 rings (SSSR count). The van der Waals surface area contributed by atoms with Crippen molar-refractivity contribution < 1.29 is 9.84 Å². The molecular formula is C27H26ClN3O2. The third kappa shape index (κ3) is 4.47. The molecule has 2 heterocycles. The molecule has 3 N–H and O–H groups in total. The highest BCUT2D eigenvalue weighted by atomic mass is 35.5. The Morgan fingerprint density at radius 1 is 1.03 bits per heavy atom. The Morgan fingerprint density at radius 2 is 1.82 bits per heavy atom. The predicted molar refractivity (Wildman–Crippen MR) is 134 cm³/mol. The van der Waals surface area contributed by atoms with Crippen LogP contribution in [0.5, 0.6) is 5.75 Å². The largest absolute Gasteiger partial charge is 0.497 e. The lowest BCUT2D eigenvalue weighted by Gasteiger charge is -2.29. The number of hydrazone groups is 1. The summed E-state index contributed by atoms with van der Waals surface area (Å²) in [5.74, 6) is 0.823. The molecule has 2 atom stereocenters. The third-order valence-electron chi connectivity index (χ3n) is 6.29. The summed E-state index contributed by atoms with van der Waals surface area (Å²) in [7, 11) is 1.66. The fourth-order valence-corrected chi connectivity index (χ4v) is 4.75. The number of fused-ring (bicyclic) bond motifs is 1. The number of benzene rings is 3. The summed E-state index contributed by atoms with van der Waals surface area (Å²) in [6.07, 6.45) is 1.49. The van der Waals surface area contributed by atoms with E-state index < -0.39 is 6.23 Å². The van der Waals surface area contributed by atoms with Crippen LogP contribution in [0, 0.1) is 0 Å². The van der Waals surface area contributed by atoms with Gasteiger partial charge < -0.3 is 20.6 Å². The van der Waals surface area contributed by atoms with Gasteiger partial charge in [-0.1, -0.05) is 54.1 Å². The number of allylic oxidation sites excluding steroid dienone is 1. The summed E-state index contributed by atoms with van der Waals surface area (Å²) in [5.41, 5.74) is 10.3. The van der Waals surface area contributed by atoms with E-state index in [0.29, 0.717) is 11.4 Å². The van der Waals surface area contributed by atoms with E-state index in [0.717, 1.165) is 52.3 Å². The lowest BCUT2D eigenvalue weighted by molar-refractivity contribution is 0.245. The normalized spacial score (nSPS) is 19.4. The molecule has 0 spiro atoms. The molecule has 3 aromatic rings. The van der Waals surface area contributed by atoms with E-state index in [1.165, 1.54) is 5.56 Å². The van der Waals surface area contributed by atoms with Gasteiger partial charge in [0.05, 0.1) is 18.9 Å². The maximum atomic E-state index is 11.1. The molecule has 0 aliphatic carbocycles. The van der Waals surface area contributed by atoms with Crippen LogP contribution in [0.3, 0.4) is 0 Å². The van der Waals surface area contributed by atoms with Crippen LogP contribution in [0.2, 0.25) is 5.02 Å². The second kappa shape index (κ2) is 9.30. The van der Waals surface area contributed by atoms with Crippen LogP contribution < -0.4 is 15.5 Å². The minimum Gasteiger partial charge on any atom is -0.497 e. The van der Waals surface area contributed by atoms with Gasteiger partial charge in [-0.15, -0.1) is 0 Å². The van der Waals surface area contributed by atoms with E-state index in [2.05, 4.69) is 40.1 Å². The molecule has 0 bridgehead atoms. The van der Waals surface area contributed by atoms with Crippen molar-refractivity contribution >= 4 is 28.6 Å². The number of hydrogen-bond acceptors (Lipinski definition) is 5. The smallest absolute Gasteiger partial charge is 0.152 e. The molecule has 0 saturated carbocycles. The molecule has 6 heteroatoms. The van der Waals surface area contributed by atoms with E-state index in [-0.39, 0.29) is 6.04 Å². The number of aryl methyl sites for hydroxylation is 1. The van der Waals surface area contributed by atoms with Gasteiger partial charge in [0.2, 0.25) is 0 Å². The summed E-state index contributed by atoms with van der Waals surface area (Å²) in [6.45, 7) is 0. The minimum atomic E-state index is -0.834. The Hall–Kier alpha value is -3.28. The third-order valence-corrected chi connectivity index (χ3v) is 6.52. The average molecular weight is 460 g/mol. The van der Waals surface area contributed by atoms with Crippen LogP contribution in [-0.2, 0) is 6.42 Å². The highest BCUT2D eigenvalue weighted by Gasteiger charge is 2.32. The van der Waals surface area contributed by atoms with Gasteiger partial charge in [-0.05, 0) is 59.9 Å². The first-order valence-corrected chi connectivity index (χ1v) is 11.5. The second-order valence-corrected chi connectivity index (χ2v) is 8.77. The fourth-order valence-electron chi connectivity index (χ4n) is 4.58. The van der Waals surface area contributed by atoms with Crippen LogP contribution in [0.25, 0.3) is 5.57 Å². The molecule has 2 aliphatic rings. The van der Waals surface area contributed by atoms with Crippen molar-refractivity contribution in [1.29, 1.82) is 0 Å². The van der Waals surface area contributed by atoms with Crippen LogP contribution in [0.4, 0.5) is 5.69 Å². The van der Waals surface area contributed by atoms with E-state index in [1.54, 1.807) is 7.11 Å². The lowest BCUT2D eigenvalue weighted by atomic mass is 9.85. The van der Waals surface area contributed by atoms with Crippen molar-refractivity contribution in [3.05, 3.63) is 100 Å². The van der Waals surface area contributed by atoms with Gasteiger partial charge >= 0.3 is 0 Å². The zero-order valence-corrected chi connectivity index (χ0v) is 19.1. The Bertz CT molecular complexity index is 1210. The van der Waals surface area contributed by atoms with E-state index >= 15 is 0 Å². The summed E-state index contributed by atoms with van der Waals surface area (Å²) in [5, 5.41) is 19.7. The summed E-state index contributed by atoms with van der Waals surface area (Å²) >= 11 is 6.37. The Labute approximate surface area is 198 Å². The Balaban J connectivity index is 1.48. The van der Waals surface area contributed by atoms with Crippen molar-refractivity contribution in [3.63, 3.8) is 0 Å². The van der Waals surface area contributed by atoms with Crippen molar-refractivity contribution in [1.82, 2.24) is 5.43 Å². The first-order valence-electron chi connectivity index (χ1n) is 11.1. The van der Waals surface area contributed by atoms with E-state index in [1.807, 2.05) is 48.5 Å². The van der Waals surface area contributed by atoms with E-state index in [9.17, 15) is 5.11 Å². The molecule has 2 aliphatic heterocycles. The zero-order valence-electron chi connectivity index (χ0n) is 18.4. The van der Waals surface area contributed by atoms with Gasteiger partial charge in [0.15, 0.2) is 6.23 Å². The molecule has 5 nitrogen and oxygen atoms in total. The standard InChI is InChI=1S/C27H26ClN3O2/c1-33-20-11-8-18(9-12-20)24-16-25(31-30-24)26-21(13-7-17-5-3-2-4-6-17)22-15-19(28)10-14-23(22)29-27(26)32/h2-6,8-12,14-15,24,27,29-30,32H,7,13,16H2,1H3. The van der Waals surface area contributed by atoms with Gasteiger partial charge in [-0.3, -0.25) is 0 Å². The van der Waals surface area contributed by atoms with Gasteiger partial charge in [0, 0.05) is 28.3 Å². The number of aliphatic hydroxyl groups excluding tert-OH is 1. The zero-order chi connectivity index (χ0) is 22.8. The summed E-state index contributed by atoms with van der Waals surface area (Å²) < 4.78 is 5.27. The van der Waals surface area contributed by atoms with Gasteiger partial charge in [-0.2, -0.15) is 5.10 Å². The van der Waals surface area contributed by atoms with Gasteiger partial charge in [-0.25, -0.2) is 0 Å². The van der Waals surface area contributed by atoms with Crippen molar-refractivity contribution in [2.45, 2.75) is 31.5 Å². The van der Waals surface area contributed by atoms with Crippen molar-refractivity contribution in [2.75, 3.05) is 12.4 Å². The van der Waals surface area contributed by atoms with Crippen LogP contribution in [0.1, 0.15) is 35.6 Å². The quantitative estimate of drug-likeness (QED) is 0.451. The molecule has 0 saturated heterocycles. The molecule has 2 unspecified atom stereocenters.